The minimum Gasteiger partial charge on any atom is -0.342 e. The van der Waals surface area contributed by atoms with E-state index in [0.29, 0.717) is 24.2 Å². The lowest BCUT2D eigenvalue weighted by Gasteiger charge is -2.35. The van der Waals surface area contributed by atoms with Crippen LogP contribution in [0.15, 0.2) is 33.3 Å². The van der Waals surface area contributed by atoms with Crippen LogP contribution in [0.4, 0.5) is 0 Å². The molecule has 0 saturated carbocycles. The quantitative estimate of drug-likeness (QED) is 0.736. The largest absolute Gasteiger partial charge is 0.342 e. The smallest absolute Gasteiger partial charge is 0.241 e. The zero-order valence-electron chi connectivity index (χ0n) is 15.4. The maximum Gasteiger partial charge on any atom is 0.241 e. The second-order valence-electron chi connectivity index (χ2n) is 7.45. The van der Waals surface area contributed by atoms with Gasteiger partial charge in [-0.25, -0.2) is 0 Å². The van der Waals surface area contributed by atoms with E-state index in [0.717, 1.165) is 61.9 Å². The number of carbonyl (C=O) groups excluding carboxylic acids is 1. The summed E-state index contributed by atoms with van der Waals surface area (Å²) in [5.41, 5.74) is 0.944. The maximum absolute atomic E-state index is 12.7. The molecule has 0 bridgehead atoms. The van der Waals surface area contributed by atoms with Crippen molar-refractivity contribution in [2.75, 3.05) is 26.2 Å². The highest BCUT2D eigenvalue weighted by atomic mass is 79.9. The van der Waals surface area contributed by atoms with Gasteiger partial charge in [0.1, 0.15) is 0 Å². The predicted octanol–water partition coefficient (Wildman–Crippen LogP) is 3.72. The molecule has 0 aliphatic carbocycles. The lowest BCUT2D eigenvalue weighted by atomic mass is 9.94. The Morgan fingerprint density at radius 3 is 2.48 bits per heavy atom. The van der Waals surface area contributed by atoms with E-state index < -0.39 is 0 Å². The molecule has 1 aromatic heterocycles. The number of piperidine rings is 2. The standard InChI is InChI=1S/C20H25BrN4O2/c21-17-6-4-15(5-7-17)19-22-18(27-23-19)14-24-12-8-16(9-13-24)20(26)25-10-2-1-3-11-25/h4-7,16H,1-3,8-14H2. The minimum absolute atomic E-state index is 0.181. The van der Waals surface area contributed by atoms with Gasteiger partial charge in [0, 0.05) is 29.0 Å². The van der Waals surface area contributed by atoms with Crippen molar-refractivity contribution in [1.29, 1.82) is 0 Å². The number of rotatable bonds is 4. The molecule has 1 amide bonds. The van der Waals surface area contributed by atoms with Crippen molar-refractivity contribution in [1.82, 2.24) is 19.9 Å². The number of aromatic nitrogens is 2. The van der Waals surface area contributed by atoms with Crippen LogP contribution < -0.4 is 0 Å². The number of amides is 1. The average molecular weight is 433 g/mol. The van der Waals surface area contributed by atoms with Crippen LogP contribution in [-0.2, 0) is 11.3 Å². The number of benzene rings is 1. The second kappa shape index (κ2) is 8.52. The number of likely N-dealkylation sites (tertiary alicyclic amines) is 2. The molecule has 2 saturated heterocycles. The van der Waals surface area contributed by atoms with E-state index in [1.807, 2.05) is 24.3 Å². The van der Waals surface area contributed by atoms with Gasteiger partial charge < -0.3 is 9.42 Å². The Labute approximate surface area is 168 Å². The Kier molecular flexibility index (Phi) is 5.88. The number of halogens is 1. The summed E-state index contributed by atoms with van der Waals surface area (Å²) in [7, 11) is 0. The first-order valence-corrected chi connectivity index (χ1v) is 10.6. The molecular formula is C20H25BrN4O2. The van der Waals surface area contributed by atoms with Gasteiger partial charge in [-0.1, -0.05) is 21.1 Å². The van der Waals surface area contributed by atoms with Crippen LogP contribution in [0, 0.1) is 5.92 Å². The molecule has 2 aromatic rings. The third-order valence-electron chi connectivity index (χ3n) is 5.53. The van der Waals surface area contributed by atoms with Gasteiger partial charge in [0.2, 0.25) is 17.6 Å². The number of hydrogen-bond acceptors (Lipinski definition) is 5. The molecule has 0 spiro atoms. The molecule has 2 aliphatic rings. The summed E-state index contributed by atoms with van der Waals surface area (Å²) in [6.07, 6.45) is 5.41. The summed E-state index contributed by atoms with van der Waals surface area (Å²) >= 11 is 3.43. The Morgan fingerprint density at radius 2 is 1.78 bits per heavy atom. The van der Waals surface area contributed by atoms with Crippen molar-refractivity contribution < 1.29 is 9.32 Å². The molecule has 0 radical (unpaired) electrons. The van der Waals surface area contributed by atoms with Crippen LogP contribution in [-0.4, -0.2) is 52.0 Å². The van der Waals surface area contributed by atoms with Crippen LogP contribution in [0.2, 0.25) is 0 Å². The van der Waals surface area contributed by atoms with Gasteiger partial charge in [-0.15, -0.1) is 0 Å². The van der Waals surface area contributed by atoms with Gasteiger partial charge >= 0.3 is 0 Å². The summed E-state index contributed by atoms with van der Waals surface area (Å²) in [6, 6.07) is 7.87. The molecule has 2 aliphatic heterocycles. The van der Waals surface area contributed by atoms with Crippen molar-refractivity contribution in [3.63, 3.8) is 0 Å². The normalized spacial score (nSPS) is 19.4. The van der Waals surface area contributed by atoms with Crippen molar-refractivity contribution in [3.8, 4) is 11.4 Å². The monoisotopic (exact) mass is 432 g/mol. The Hall–Kier alpha value is -1.73. The number of nitrogens with zero attached hydrogens (tertiary/aromatic N) is 4. The topological polar surface area (TPSA) is 62.5 Å². The molecule has 0 unspecified atom stereocenters. The molecule has 144 valence electrons. The fourth-order valence-corrected chi connectivity index (χ4v) is 4.20. The third-order valence-corrected chi connectivity index (χ3v) is 6.06. The van der Waals surface area contributed by atoms with Crippen LogP contribution in [0.25, 0.3) is 11.4 Å². The summed E-state index contributed by atoms with van der Waals surface area (Å²) in [5, 5.41) is 4.10. The minimum atomic E-state index is 0.181. The van der Waals surface area contributed by atoms with Gasteiger partial charge in [0.25, 0.3) is 0 Å². The highest BCUT2D eigenvalue weighted by Gasteiger charge is 2.29. The summed E-state index contributed by atoms with van der Waals surface area (Å²) in [4.78, 5) is 21.6. The van der Waals surface area contributed by atoms with E-state index in [1.54, 1.807) is 0 Å². The third kappa shape index (κ3) is 4.58. The van der Waals surface area contributed by atoms with Crippen molar-refractivity contribution in [3.05, 3.63) is 34.6 Å². The molecule has 4 rings (SSSR count). The van der Waals surface area contributed by atoms with E-state index in [-0.39, 0.29) is 5.92 Å². The zero-order chi connectivity index (χ0) is 18.6. The van der Waals surface area contributed by atoms with Crippen molar-refractivity contribution in [2.24, 2.45) is 5.92 Å². The Morgan fingerprint density at radius 1 is 1.07 bits per heavy atom. The zero-order valence-corrected chi connectivity index (χ0v) is 17.0. The summed E-state index contributed by atoms with van der Waals surface area (Å²) < 4.78 is 6.46. The lowest BCUT2D eigenvalue weighted by molar-refractivity contribution is -0.138. The van der Waals surface area contributed by atoms with Gasteiger partial charge in [0.15, 0.2) is 0 Å². The van der Waals surface area contributed by atoms with Crippen molar-refractivity contribution in [2.45, 2.75) is 38.6 Å². The highest BCUT2D eigenvalue weighted by Crippen LogP contribution is 2.24. The number of hydrogen-bond donors (Lipinski definition) is 0. The molecule has 0 N–H and O–H groups in total. The van der Waals surface area contributed by atoms with Crippen LogP contribution >= 0.6 is 15.9 Å². The molecule has 2 fully saturated rings. The Bertz CT molecular complexity index is 763. The highest BCUT2D eigenvalue weighted by molar-refractivity contribution is 9.10. The first kappa shape index (κ1) is 18.6. The average Bonchev–Trinajstić information content (AvgIpc) is 3.18. The van der Waals surface area contributed by atoms with Crippen LogP contribution in [0.3, 0.4) is 0 Å². The van der Waals surface area contributed by atoms with Gasteiger partial charge in [0.05, 0.1) is 6.54 Å². The van der Waals surface area contributed by atoms with Gasteiger partial charge in [-0.2, -0.15) is 4.98 Å². The molecule has 7 heteroatoms. The van der Waals surface area contributed by atoms with E-state index in [2.05, 4.69) is 35.9 Å². The second-order valence-corrected chi connectivity index (χ2v) is 8.37. The molecule has 3 heterocycles. The van der Waals surface area contributed by atoms with E-state index in [1.165, 1.54) is 6.42 Å². The summed E-state index contributed by atoms with van der Waals surface area (Å²) in [6.45, 7) is 4.34. The number of carbonyl (C=O) groups is 1. The van der Waals surface area contributed by atoms with E-state index in [9.17, 15) is 4.79 Å². The first-order chi connectivity index (χ1) is 13.2. The molecular weight excluding hydrogens is 408 g/mol. The Balaban J connectivity index is 1.29. The van der Waals surface area contributed by atoms with Gasteiger partial charge in [-0.3, -0.25) is 9.69 Å². The fourth-order valence-electron chi connectivity index (χ4n) is 3.94. The molecule has 0 atom stereocenters. The maximum atomic E-state index is 12.7. The molecule has 27 heavy (non-hydrogen) atoms. The lowest BCUT2D eigenvalue weighted by Crippen LogP contribution is -2.44. The predicted molar refractivity (Wildman–Crippen MR) is 106 cm³/mol. The SMILES string of the molecule is O=C(C1CCN(Cc2nc(-c3ccc(Br)cc3)no2)CC1)N1CCCCC1. The first-order valence-electron chi connectivity index (χ1n) is 9.79. The van der Waals surface area contributed by atoms with Crippen LogP contribution in [0.1, 0.15) is 38.0 Å². The van der Waals surface area contributed by atoms with E-state index >= 15 is 0 Å². The van der Waals surface area contributed by atoms with Crippen LogP contribution in [0.5, 0.6) is 0 Å². The fraction of sp³-hybridized carbons (Fsp3) is 0.550. The van der Waals surface area contributed by atoms with Crippen molar-refractivity contribution >= 4 is 21.8 Å². The molecule has 6 nitrogen and oxygen atoms in total. The van der Waals surface area contributed by atoms with E-state index in [4.69, 9.17) is 4.52 Å². The summed E-state index contributed by atoms with van der Waals surface area (Å²) in [5.74, 6) is 1.80. The van der Waals surface area contributed by atoms with Gasteiger partial charge in [-0.05, 0) is 69.5 Å². The molecule has 1 aromatic carbocycles.